The lowest BCUT2D eigenvalue weighted by atomic mass is 10.2. The summed E-state index contributed by atoms with van der Waals surface area (Å²) in [6.45, 7) is 1.75. The number of anilines is 1. The Morgan fingerprint density at radius 3 is 2.06 bits per heavy atom. The number of nitrogens with one attached hydrogen (secondary N) is 1. The van der Waals surface area contributed by atoms with Crippen LogP contribution in [0.3, 0.4) is 0 Å². The number of carbonyl (C=O) groups excluding carboxylic acids is 1. The topological polar surface area (TPSA) is 69.6 Å². The van der Waals surface area contributed by atoms with E-state index in [1.54, 1.807) is 24.4 Å². The van der Waals surface area contributed by atoms with Crippen LogP contribution in [0.5, 0.6) is 0 Å². The first-order valence-corrected chi connectivity index (χ1v) is 4.54. The van der Waals surface area contributed by atoms with E-state index in [2.05, 4.69) is 0 Å². The molecular weight excluding hydrogens is 239 g/mol. The lowest BCUT2D eigenvalue weighted by molar-refractivity contribution is -0.326. The van der Waals surface area contributed by atoms with Gasteiger partial charge in [0.25, 0.3) is 5.91 Å². The molecule has 0 radical (unpaired) electrons. The highest BCUT2D eigenvalue weighted by atomic mass is 19.4. The first-order chi connectivity index (χ1) is 7.64. The van der Waals surface area contributed by atoms with Crippen LogP contribution in [-0.2, 0) is 4.79 Å². The molecule has 0 atom stereocenters. The molecule has 4 nitrogen and oxygen atoms in total. The van der Waals surface area contributed by atoms with Crippen LogP contribution in [0.4, 0.5) is 18.9 Å². The summed E-state index contributed by atoms with van der Waals surface area (Å²) in [5, 5.41) is 19.1. The number of rotatable bonds is 2. The molecule has 3 N–H and O–H groups in total. The first kappa shape index (κ1) is 13.5. The van der Waals surface area contributed by atoms with Gasteiger partial charge in [-0.2, -0.15) is 13.2 Å². The Balaban J connectivity index is 2.83. The van der Waals surface area contributed by atoms with Gasteiger partial charge in [0.05, 0.1) is 0 Å². The molecule has 0 saturated heterocycles. The zero-order valence-electron chi connectivity index (χ0n) is 8.75. The third kappa shape index (κ3) is 2.95. The second-order valence-corrected chi connectivity index (χ2v) is 3.49. The second-order valence-electron chi connectivity index (χ2n) is 3.49. The van der Waals surface area contributed by atoms with Crippen molar-refractivity contribution in [3.8, 4) is 0 Å². The van der Waals surface area contributed by atoms with Gasteiger partial charge < -0.3 is 15.5 Å². The highest BCUT2D eigenvalue weighted by Gasteiger charge is 2.59. The molecule has 0 unspecified atom stereocenters. The Morgan fingerprint density at radius 1 is 1.18 bits per heavy atom. The normalized spacial score (nSPS) is 12.4. The molecule has 0 bridgehead atoms. The highest BCUT2D eigenvalue weighted by Crippen LogP contribution is 2.29. The summed E-state index contributed by atoms with van der Waals surface area (Å²) in [5.74, 6) is -6.36. The molecule has 0 aliphatic carbocycles. The van der Waals surface area contributed by atoms with Crippen LogP contribution in [0, 0.1) is 6.92 Å². The molecule has 1 rings (SSSR count). The molecule has 1 aromatic rings. The lowest BCUT2D eigenvalue weighted by Crippen LogP contribution is -2.54. The number of aliphatic hydroxyl groups is 2. The van der Waals surface area contributed by atoms with E-state index in [1.807, 2.05) is 0 Å². The predicted octanol–water partition coefficient (Wildman–Crippen LogP) is 1.18. The van der Waals surface area contributed by atoms with Gasteiger partial charge in [0.15, 0.2) is 0 Å². The summed E-state index contributed by atoms with van der Waals surface area (Å²) < 4.78 is 36.3. The van der Waals surface area contributed by atoms with E-state index in [-0.39, 0.29) is 5.69 Å². The van der Waals surface area contributed by atoms with E-state index < -0.39 is 17.9 Å². The zero-order valence-corrected chi connectivity index (χ0v) is 8.75. The van der Waals surface area contributed by atoms with E-state index >= 15 is 0 Å². The molecule has 7 heteroatoms. The Morgan fingerprint density at radius 2 is 1.65 bits per heavy atom. The van der Waals surface area contributed by atoms with Crippen LogP contribution in [0.15, 0.2) is 24.3 Å². The highest BCUT2D eigenvalue weighted by molar-refractivity contribution is 5.96. The molecular formula is C10H10F3NO3. The number of hydrogen-bond acceptors (Lipinski definition) is 3. The number of carbonyl (C=O) groups is 1. The van der Waals surface area contributed by atoms with E-state index in [1.165, 1.54) is 12.1 Å². The monoisotopic (exact) mass is 249 g/mol. The molecule has 17 heavy (non-hydrogen) atoms. The summed E-state index contributed by atoms with van der Waals surface area (Å²) in [6.07, 6.45) is -5.46. The quantitative estimate of drug-likeness (QED) is 0.689. The zero-order chi connectivity index (χ0) is 13.3. The molecule has 0 fully saturated rings. The maximum atomic E-state index is 12.1. The number of alkyl halides is 3. The molecule has 0 aromatic heterocycles. The number of aryl methyl sites for hydroxylation is 1. The largest absolute Gasteiger partial charge is 0.453 e. The Hall–Kier alpha value is -1.60. The van der Waals surface area contributed by atoms with Crippen LogP contribution in [0.1, 0.15) is 5.56 Å². The lowest BCUT2D eigenvalue weighted by Gasteiger charge is -2.23. The maximum absolute atomic E-state index is 12.1. The van der Waals surface area contributed by atoms with Crippen molar-refractivity contribution >= 4 is 11.6 Å². The van der Waals surface area contributed by atoms with Crippen molar-refractivity contribution in [2.75, 3.05) is 5.32 Å². The van der Waals surface area contributed by atoms with Gasteiger partial charge in [-0.05, 0) is 19.1 Å². The Kier molecular flexibility index (Phi) is 3.44. The van der Waals surface area contributed by atoms with Crippen molar-refractivity contribution in [1.82, 2.24) is 0 Å². The van der Waals surface area contributed by atoms with Crippen LogP contribution in [0.25, 0.3) is 0 Å². The van der Waals surface area contributed by atoms with Crippen LogP contribution in [-0.4, -0.2) is 28.1 Å². The number of halogens is 3. The second kappa shape index (κ2) is 4.34. The van der Waals surface area contributed by atoms with E-state index in [0.717, 1.165) is 5.56 Å². The van der Waals surface area contributed by atoms with Crippen LogP contribution < -0.4 is 5.32 Å². The molecule has 0 spiro atoms. The Labute approximate surface area is 94.7 Å². The maximum Gasteiger partial charge on any atom is 0.453 e. The molecule has 0 heterocycles. The van der Waals surface area contributed by atoms with Crippen molar-refractivity contribution in [1.29, 1.82) is 0 Å². The molecule has 0 aliphatic rings. The third-order valence-electron chi connectivity index (χ3n) is 2.02. The summed E-state index contributed by atoms with van der Waals surface area (Å²) in [6, 6.07) is 5.80. The number of benzene rings is 1. The van der Waals surface area contributed by atoms with Gasteiger partial charge in [-0.3, -0.25) is 4.79 Å². The van der Waals surface area contributed by atoms with Crippen molar-refractivity contribution in [2.45, 2.75) is 18.9 Å². The van der Waals surface area contributed by atoms with E-state index in [9.17, 15) is 18.0 Å². The average molecular weight is 249 g/mol. The number of hydrogen-bond donors (Lipinski definition) is 3. The van der Waals surface area contributed by atoms with E-state index in [0.29, 0.717) is 0 Å². The van der Waals surface area contributed by atoms with Gasteiger partial charge in [0, 0.05) is 5.69 Å². The van der Waals surface area contributed by atoms with Gasteiger partial charge >= 0.3 is 12.0 Å². The molecule has 1 aromatic carbocycles. The van der Waals surface area contributed by atoms with Crippen molar-refractivity contribution < 1.29 is 28.2 Å². The fourth-order valence-corrected chi connectivity index (χ4v) is 0.984. The molecule has 0 saturated carbocycles. The standard InChI is InChI=1S/C10H10F3NO3/c1-6-2-4-7(5-3-6)14-8(15)9(16,17)10(11,12)13/h2-5,16-17H,1H3,(H,14,15). The Bertz CT molecular complexity index is 412. The fourth-order valence-electron chi connectivity index (χ4n) is 0.984. The summed E-state index contributed by atoms with van der Waals surface area (Å²) in [7, 11) is 0. The van der Waals surface area contributed by atoms with Gasteiger partial charge in [-0.1, -0.05) is 17.7 Å². The van der Waals surface area contributed by atoms with Gasteiger partial charge in [0.2, 0.25) is 0 Å². The number of amides is 1. The summed E-state index contributed by atoms with van der Waals surface area (Å²) in [4.78, 5) is 11.0. The van der Waals surface area contributed by atoms with Gasteiger partial charge in [-0.25, -0.2) is 0 Å². The van der Waals surface area contributed by atoms with Crippen molar-refractivity contribution in [3.05, 3.63) is 29.8 Å². The van der Waals surface area contributed by atoms with Crippen molar-refractivity contribution in [2.24, 2.45) is 0 Å². The van der Waals surface area contributed by atoms with Crippen LogP contribution in [0.2, 0.25) is 0 Å². The van der Waals surface area contributed by atoms with Gasteiger partial charge in [0.1, 0.15) is 0 Å². The average Bonchev–Trinajstić information content (AvgIpc) is 2.19. The summed E-state index contributed by atoms with van der Waals surface area (Å²) >= 11 is 0. The van der Waals surface area contributed by atoms with Crippen molar-refractivity contribution in [3.63, 3.8) is 0 Å². The molecule has 1 amide bonds. The minimum atomic E-state index is -5.46. The molecule has 94 valence electrons. The van der Waals surface area contributed by atoms with Gasteiger partial charge in [-0.15, -0.1) is 0 Å². The molecule has 0 aliphatic heterocycles. The van der Waals surface area contributed by atoms with E-state index in [4.69, 9.17) is 10.2 Å². The minimum absolute atomic E-state index is 0.0392. The SMILES string of the molecule is Cc1ccc(NC(=O)C(O)(O)C(F)(F)F)cc1. The fraction of sp³-hybridized carbons (Fsp3) is 0.300. The predicted molar refractivity (Wildman–Crippen MR) is 53.0 cm³/mol. The summed E-state index contributed by atoms with van der Waals surface area (Å²) in [5.41, 5.74) is 0.885. The first-order valence-electron chi connectivity index (χ1n) is 4.54. The minimum Gasteiger partial charge on any atom is -0.351 e. The smallest absolute Gasteiger partial charge is 0.351 e. The third-order valence-corrected chi connectivity index (χ3v) is 2.02. The van der Waals surface area contributed by atoms with Crippen LogP contribution >= 0.6 is 0 Å².